The van der Waals surface area contributed by atoms with Crippen LogP contribution in [0.15, 0.2) is 54.6 Å². The molecule has 1 fully saturated rings. The van der Waals surface area contributed by atoms with Crippen LogP contribution < -0.4 is 4.90 Å². The molecule has 0 bridgehead atoms. The molecule has 23 heavy (non-hydrogen) atoms. The Balaban J connectivity index is 1.67. The molecule has 1 heterocycles. The predicted octanol–water partition coefficient (Wildman–Crippen LogP) is 3.12. The van der Waals surface area contributed by atoms with Gasteiger partial charge in [0.15, 0.2) is 5.78 Å². The van der Waals surface area contributed by atoms with Crippen LogP contribution in [0.3, 0.4) is 0 Å². The van der Waals surface area contributed by atoms with Crippen LogP contribution in [-0.4, -0.2) is 37.2 Å². The first kappa shape index (κ1) is 15.3. The highest BCUT2D eigenvalue weighted by Gasteiger charge is 2.11. The molecule has 0 unspecified atom stereocenters. The standard InChI is InChI=1S/C19H19NO3/c21-18-3-1-2-15(14-18)4-9-19(22)16-5-7-17(8-6-16)20-10-12-23-13-11-20/h1-9,14,21H,10-13H2/b9-4+. The molecule has 0 aliphatic carbocycles. The van der Waals surface area contributed by atoms with Gasteiger partial charge in [-0.1, -0.05) is 18.2 Å². The highest BCUT2D eigenvalue weighted by atomic mass is 16.5. The summed E-state index contributed by atoms with van der Waals surface area (Å²) >= 11 is 0. The molecule has 1 aliphatic rings. The first-order chi connectivity index (χ1) is 11.2. The topological polar surface area (TPSA) is 49.8 Å². The molecule has 4 heteroatoms. The molecule has 0 aromatic heterocycles. The van der Waals surface area contributed by atoms with Gasteiger partial charge in [-0.2, -0.15) is 0 Å². The first-order valence-electron chi connectivity index (χ1n) is 7.66. The van der Waals surface area contributed by atoms with Crippen LogP contribution in [0.1, 0.15) is 15.9 Å². The first-order valence-corrected chi connectivity index (χ1v) is 7.66. The minimum Gasteiger partial charge on any atom is -0.508 e. The van der Waals surface area contributed by atoms with E-state index in [1.165, 1.54) is 6.08 Å². The second-order valence-corrected chi connectivity index (χ2v) is 5.44. The van der Waals surface area contributed by atoms with Gasteiger partial charge >= 0.3 is 0 Å². The van der Waals surface area contributed by atoms with Crippen LogP contribution in [0.25, 0.3) is 6.08 Å². The number of ketones is 1. The largest absolute Gasteiger partial charge is 0.508 e. The zero-order valence-electron chi connectivity index (χ0n) is 12.8. The Morgan fingerprint density at radius 2 is 1.83 bits per heavy atom. The number of hydrogen-bond donors (Lipinski definition) is 1. The smallest absolute Gasteiger partial charge is 0.185 e. The fourth-order valence-corrected chi connectivity index (χ4v) is 2.55. The van der Waals surface area contributed by atoms with Gasteiger partial charge in [0.2, 0.25) is 0 Å². The van der Waals surface area contributed by atoms with Crippen molar-refractivity contribution in [2.24, 2.45) is 0 Å². The number of ether oxygens (including phenoxy) is 1. The molecule has 3 rings (SSSR count). The van der Waals surface area contributed by atoms with Crippen molar-refractivity contribution >= 4 is 17.5 Å². The number of phenols is 1. The zero-order valence-corrected chi connectivity index (χ0v) is 12.8. The zero-order chi connectivity index (χ0) is 16.1. The van der Waals surface area contributed by atoms with Gasteiger partial charge in [-0.05, 0) is 48.0 Å². The third-order valence-corrected chi connectivity index (χ3v) is 3.83. The number of rotatable bonds is 4. The summed E-state index contributed by atoms with van der Waals surface area (Å²) in [5.41, 5.74) is 2.56. The number of nitrogens with zero attached hydrogens (tertiary/aromatic N) is 1. The molecular weight excluding hydrogens is 290 g/mol. The van der Waals surface area contributed by atoms with E-state index >= 15 is 0 Å². The van der Waals surface area contributed by atoms with E-state index in [1.54, 1.807) is 24.3 Å². The van der Waals surface area contributed by atoms with E-state index in [-0.39, 0.29) is 11.5 Å². The number of benzene rings is 2. The summed E-state index contributed by atoms with van der Waals surface area (Å²) in [5, 5.41) is 9.42. The average Bonchev–Trinajstić information content (AvgIpc) is 2.61. The maximum Gasteiger partial charge on any atom is 0.185 e. The van der Waals surface area contributed by atoms with Gasteiger partial charge in [0.05, 0.1) is 13.2 Å². The van der Waals surface area contributed by atoms with E-state index in [2.05, 4.69) is 4.90 Å². The van der Waals surface area contributed by atoms with E-state index in [4.69, 9.17) is 4.74 Å². The SMILES string of the molecule is O=C(/C=C/c1cccc(O)c1)c1ccc(N2CCOCC2)cc1. The highest BCUT2D eigenvalue weighted by molar-refractivity contribution is 6.07. The number of morpholine rings is 1. The maximum atomic E-state index is 12.2. The molecule has 0 radical (unpaired) electrons. The molecule has 1 aliphatic heterocycles. The summed E-state index contributed by atoms with van der Waals surface area (Å²) in [6, 6.07) is 14.4. The molecule has 1 N–H and O–H groups in total. The molecule has 0 spiro atoms. The molecule has 0 saturated carbocycles. The van der Waals surface area contributed by atoms with Crippen LogP contribution in [0, 0.1) is 0 Å². The van der Waals surface area contributed by atoms with Crippen LogP contribution in [0.4, 0.5) is 5.69 Å². The van der Waals surface area contributed by atoms with Crippen molar-refractivity contribution in [1.82, 2.24) is 0 Å². The van der Waals surface area contributed by atoms with Gasteiger partial charge in [0.1, 0.15) is 5.75 Å². The summed E-state index contributed by atoms with van der Waals surface area (Å²) < 4.78 is 5.34. The summed E-state index contributed by atoms with van der Waals surface area (Å²) in [5.74, 6) is 0.135. The van der Waals surface area contributed by atoms with Crippen LogP contribution in [0.2, 0.25) is 0 Å². The molecule has 4 nitrogen and oxygen atoms in total. The van der Waals surface area contributed by atoms with Crippen molar-refractivity contribution < 1.29 is 14.6 Å². The normalized spacial score (nSPS) is 15.0. The Morgan fingerprint density at radius 1 is 1.09 bits per heavy atom. The number of anilines is 1. The molecule has 2 aromatic carbocycles. The molecule has 0 atom stereocenters. The summed E-state index contributed by atoms with van der Waals surface area (Å²) in [6.45, 7) is 3.25. The summed E-state index contributed by atoms with van der Waals surface area (Å²) in [7, 11) is 0. The quantitative estimate of drug-likeness (QED) is 0.696. The van der Waals surface area contributed by atoms with E-state index in [0.29, 0.717) is 5.56 Å². The van der Waals surface area contributed by atoms with Gasteiger partial charge < -0.3 is 14.7 Å². The monoisotopic (exact) mass is 309 g/mol. The molecular formula is C19H19NO3. The van der Waals surface area contributed by atoms with Gasteiger partial charge in [-0.25, -0.2) is 0 Å². The second-order valence-electron chi connectivity index (χ2n) is 5.44. The molecule has 0 amide bonds. The van der Waals surface area contributed by atoms with Crippen molar-refractivity contribution in [3.63, 3.8) is 0 Å². The lowest BCUT2D eigenvalue weighted by Gasteiger charge is -2.28. The van der Waals surface area contributed by atoms with Gasteiger partial charge in [-0.3, -0.25) is 4.79 Å². The Morgan fingerprint density at radius 3 is 2.52 bits per heavy atom. The third-order valence-electron chi connectivity index (χ3n) is 3.83. The number of phenolic OH excluding ortho intramolecular Hbond substituents is 1. The Hall–Kier alpha value is -2.59. The second kappa shape index (κ2) is 7.11. The van der Waals surface area contributed by atoms with Crippen molar-refractivity contribution in [3.05, 3.63) is 65.7 Å². The van der Waals surface area contributed by atoms with Crippen molar-refractivity contribution in [3.8, 4) is 5.75 Å². The number of hydrogen-bond acceptors (Lipinski definition) is 4. The number of carbonyl (C=O) groups excluding carboxylic acids is 1. The lowest BCUT2D eigenvalue weighted by Crippen LogP contribution is -2.36. The average molecular weight is 309 g/mol. The van der Waals surface area contributed by atoms with Gasteiger partial charge in [0.25, 0.3) is 0 Å². The predicted molar refractivity (Wildman–Crippen MR) is 90.9 cm³/mol. The fourth-order valence-electron chi connectivity index (χ4n) is 2.55. The Kier molecular flexibility index (Phi) is 4.74. The minimum absolute atomic E-state index is 0.0538. The van der Waals surface area contributed by atoms with Gasteiger partial charge in [-0.15, -0.1) is 0 Å². The van der Waals surface area contributed by atoms with E-state index in [1.807, 2.05) is 30.3 Å². The lowest BCUT2D eigenvalue weighted by atomic mass is 10.1. The van der Waals surface area contributed by atoms with Crippen LogP contribution in [0.5, 0.6) is 5.75 Å². The fraction of sp³-hybridized carbons (Fsp3) is 0.211. The number of aromatic hydroxyl groups is 1. The molecule has 2 aromatic rings. The molecule has 118 valence electrons. The van der Waals surface area contributed by atoms with Crippen LogP contribution >= 0.6 is 0 Å². The third kappa shape index (κ3) is 3.99. The van der Waals surface area contributed by atoms with E-state index in [9.17, 15) is 9.90 Å². The maximum absolute atomic E-state index is 12.2. The van der Waals surface area contributed by atoms with Crippen LogP contribution in [-0.2, 0) is 4.74 Å². The number of allylic oxidation sites excluding steroid dienone is 1. The highest BCUT2D eigenvalue weighted by Crippen LogP contribution is 2.18. The van der Waals surface area contributed by atoms with Crippen molar-refractivity contribution in [1.29, 1.82) is 0 Å². The van der Waals surface area contributed by atoms with E-state index < -0.39 is 0 Å². The van der Waals surface area contributed by atoms with Gasteiger partial charge in [0, 0.05) is 24.3 Å². The Bertz CT molecular complexity index is 701. The van der Waals surface area contributed by atoms with Crippen molar-refractivity contribution in [2.45, 2.75) is 0 Å². The Labute approximate surface area is 135 Å². The summed E-state index contributed by atoms with van der Waals surface area (Å²) in [4.78, 5) is 14.5. The van der Waals surface area contributed by atoms with E-state index in [0.717, 1.165) is 37.6 Å². The number of carbonyl (C=O) groups is 1. The lowest BCUT2D eigenvalue weighted by molar-refractivity contribution is 0.104. The van der Waals surface area contributed by atoms with Crippen molar-refractivity contribution in [2.75, 3.05) is 31.2 Å². The molecule has 1 saturated heterocycles. The minimum atomic E-state index is -0.0538. The summed E-state index contributed by atoms with van der Waals surface area (Å²) in [6.07, 6.45) is 3.23.